The van der Waals surface area contributed by atoms with Gasteiger partial charge in [-0.05, 0) is 18.9 Å². The molecule has 0 fully saturated rings. The first kappa shape index (κ1) is 16.8. The molecule has 0 radical (unpaired) electrons. The van der Waals surface area contributed by atoms with Crippen molar-refractivity contribution >= 4 is 5.82 Å². The van der Waals surface area contributed by atoms with Crippen molar-refractivity contribution in [3.63, 3.8) is 0 Å². The number of rotatable bonds is 5. The lowest BCUT2D eigenvalue weighted by atomic mass is 9.91. The van der Waals surface area contributed by atoms with Crippen LogP contribution in [0.2, 0.25) is 0 Å². The zero-order valence-electron chi connectivity index (χ0n) is 14.2. The lowest BCUT2D eigenvalue weighted by Crippen LogP contribution is -2.23. The van der Waals surface area contributed by atoms with Crippen LogP contribution >= 0.6 is 0 Å². The third-order valence-electron chi connectivity index (χ3n) is 4.37. The van der Waals surface area contributed by atoms with Crippen molar-refractivity contribution < 1.29 is 9.72 Å². The lowest BCUT2D eigenvalue weighted by Gasteiger charge is -2.16. The van der Waals surface area contributed by atoms with Gasteiger partial charge < -0.3 is 4.74 Å². The minimum atomic E-state index is 0.414. The Hall–Kier alpha value is -2.54. The van der Waals surface area contributed by atoms with Gasteiger partial charge in [0, 0.05) is 23.1 Å². The first-order chi connectivity index (χ1) is 11.0. The number of hydrogen-bond donors (Lipinski definition) is 1. The van der Waals surface area contributed by atoms with E-state index in [1.54, 1.807) is 7.11 Å². The number of anilines is 1. The van der Waals surface area contributed by atoms with Gasteiger partial charge in [-0.25, -0.2) is 4.98 Å². The number of nitrogens with zero attached hydrogens (tertiary/aromatic N) is 1. The van der Waals surface area contributed by atoms with Gasteiger partial charge in [0.15, 0.2) is 0 Å². The molecule has 0 saturated heterocycles. The number of benzene rings is 1. The van der Waals surface area contributed by atoms with Crippen LogP contribution in [0.25, 0.3) is 11.1 Å². The number of aromatic amines is 1. The zero-order valence-corrected chi connectivity index (χ0v) is 14.2. The van der Waals surface area contributed by atoms with Gasteiger partial charge in [0.2, 0.25) is 0 Å². The highest BCUT2D eigenvalue weighted by atomic mass is 16.5. The lowest BCUT2D eigenvalue weighted by molar-refractivity contribution is -0.374. The molecule has 0 unspecified atom stereocenters. The maximum absolute atomic E-state index is 9.58. The molecule has 1 aromatic heterocycles. The molecule has 2 rings (SSSR count). The monoisotopic (exact) mass is 310 g/mol. The van der Waals surface area contributed by atoms with E-state index in [2.05, 4.69) is 24.9 Å². The molecule has 0 bridgehead atoms. The summed E-state index contributed by atoms with van der Waals surface area (Å²) in [5.74, 6) is 1.70. The molecule has 23 heavy (non-hydrogen) atoms. The fraction of sp³-hybridized carbons (Fsp3) is 0.368. The second-order valence-corrected chi connectivity index (χ2v) is 5.92. The average Bonchev–Trinajstić information content (AvgIpc) is 2.57. The van der Waals surface area contributed by atoms with Gasteiger partial charge in [-0.2, -0.15) is 5.26 Å². The van der Waals surface area contributed by atoms with Crippen molar-refractivity contribution in [3.8, 4) is 22.9 Å². The summed E-state index contributed by atoms with van der Waals surface area (Å²) in [7, 11) is 1.64. The number of nitrogen functional groups attached to an aromatic ring is 1. The number of aromatic nitrogens is 1. The number of nitrogens with one attached hydrogen (secondary N) is 1. The molecule has 0 aliphatic heterocycles. The summed E-state index contributed by atoms with van der Waals surface area (Å²) in [5.41, 5.74) is 10.5. The number of H-pyrrole nitrogens is 1. The Kier molecular flexibility index (Phi) is 5.23. The fourth-order valence-electron chi connectivity index (χ4n) is 2.79. The third kappa shape index (κ3) is 3.29. The number of hydrogen-bond acceptors (Lipinski definition) is 3. The molecule has 0 saturated carbocycles. The van der Waals surface area contributed by atoms with Crippen molar-refractivity contribution in [1.29, 1.82) is 5.26 Å². The van der Waals surface area contributed by atoms with E-state index < -0.39 is 0 Å². The summed E-state index contributed by atoms with van der Waals surface area (Å²) in [4.78, 5) is 3.22. The highest BCUT2D eigenvalue weighted by molar-refractivity contribution is 5.81. The quantitative estimate of drug-likeness (QED) is 0.918. The van der Waals surface area contributed by atoms with E-state index in [0.29, 0.717) is 17.3 Å². The first-order valence-electron chi connectivity index (χ1n) is 7.91. The highest BCUT2D eigenvalue weighted by Gasteiger charge is 2.23. The van der Waals surface area contributed by atoms with E-state index in [1.807, 2.05) is 31.2 Å². The number of methoxy groups -OCH3 is 1. The average molecular weight is 310 g/mol. The van der Waals surface area contributed by atoms with Gasteiger partial charge in [0.1, 0.15) is 23.1 Å². The molecule has 4 heteroatoms. The van der Waals surface area contributed by atoms with Gasteiger partial charge in [0.25, 0.3) is 5.82 Å². The topological polar surface area (TPSA) is 73.2 Å². The van der Waals surface area contributed by atoms with Crippen LogP contribution in [0.5, 0.6) is 5.75 Å². The zero-order chi connectivity index (χ0) is 17.0. The number of ether oxygens (including phenoxy) is 1. The number of pyridine rings is 1. The minimum Gasteiger partial charge on any atom is -0.496 e. The molecule has 0 aliphatic rings. The largest absolute Gasteiger partial charge is 0.496 e. The predicted octanol–water partition coefficient (Wildman–Crippen LogP) is 3.53. The van der Waals surface area contributed by atoms with Gasteiger partial charge in [-0.15, -0.1) is 0 Å². The van der Waals surface area contributed by atoms with E-state index in [1.165, 1.54) is 0 Å². The van der Waals surface area contributed by atoms with Crippen molar-refractivity contribution in [2.45, 2.75) is 33.6 Å². The Morgan fingerprint density at radius 1 is 1.35 bits per heavy atom. The van der Waals surface area contributed by atoms with Gasteiger partial charge in [-0.1, -0.05) is 38.5 Å². The summed E-state index contributed by atoms with van der Waals surface area (Å²) in [6, 6.07) is 9.97. The summed E-state index contributed by atoms with van der Waals surface area (Å²) in [6.45, 7) is 6.43. The van der Waals surface area contributed by atoms with E-state index in [0.717, 1.165) is 41.0 Å². The van der Waals surface area contributed by atoms with Crippen LogP contribution < -0.4 is 15.5 Å². The van der Waals surface area contributed by atoms with Gasteiger partial charge >= 0.3 is 0 Å². The predicted molar refractivity (Wildman–Crippen MR) is 92.0 cm³/mol. The summed E-state index contributed by atoms with van der Waals surface area (Å²) >= 11 is 0. The Bertz CT molecular complexity index is 747. The number of nitriles is 1. The molecular formula is C19H24N3O+. The Balaban J connectivity index is 2.73. The smallest absolute Gasteiger partial charge is 0.289 e. The SMILES string of the molecule is CC[C@H](C)Cc1[nH+]c(N)c(C#N)c(-c2ccccc2OC)c1C. The van der Waals surface area contributed by atoms with Crippen molar-refractivity contribution in [2.24, 2.45) is 5.92 Å². The third-order valence-corrected chi connectivity index (χ3v) is 4.37. The van der Waals surface area contributed by atoms with E-state index in [4.69, 9.17) is 10.5 Å². The van der Waals surface area contributed by atoms with Crippen LogP contribution in [0.3, 0.4) is 0 Å². The summed E-state index contributed by atoms with van der Waals surface area (Å²) in [5, 5.41) is 9.58. The molecular weight excluding hydrogens is 286 g/mol. The molecule has 1 atom stereocenters. The number of nitrogens with two attached hydrogens (primary N) is 1. The molecule has 4 nitrogen and oxygen atoms in total. The highest BCUT2D eigenvalue weighted by Crippen LogP contribution is 2.36. The fourth-order valence-corrected chi connectivity index (χ4v) is 2.79. The molecule has 0 aliphatic carbocycles. The van der Waals surface area contributed by atoms with Crippen LogP contribution in [0.1, 0.15) is 37.1 Å². The second-order valence-electron chi connectivity index (χ2n) is 5.92. The summed E-state index contributed by atoms with van der Waals surface area (Å²) in [6.07, 6.45) is 2.00. The molecule has 3 N–H and O–H groups in total. The van der Waals surface area contributed by atoms with E-state index >= 15 is 0 Å². The van der Waals surface area contributed by atoms with Crippen LogP contribution in [0, 0.1) is 24.2 Å². The second kappa shape index (κ2) is 7.15. The first-order valence-corrected chi connectivity index (χ1v) is 7.91. The molecule has 120 valence electrons. The van der Waals surface area contributed by atoms with Crippen LogP contribution in [-0.2, 0) is 6.42 Å². The maximum atomic E-state index is 9.58. The molecule has 0 amide bonds. The van der Waals surface area contributed by atoms with Gasteiger partial charge in [-0.3, -0.25) is 5.73 Å². The van der Waals surface area contributed by atoms with E-state index in [-0.39, 0.29) is 0 Å². The van der Waals surface area contributed by atoms with E-state index in [9.17, 15) is 5.26 Å². The van der Waals surface area contributed by atoms with Crippen LogP contribution in [0.15, 0.2) is 24.3 Å². The Morgan fingerprint density at radius 3 is 2.65 bits per heavy atom. The van der Waals surface area contributed by atoms with Crippen molar-refractivity contribution in [1.82, 2.24) is 0 Å². The van der Waals surface area contributed by atoms with Crippen molar-refractivity contribution in [3.05, 3.63) is 41.1 Å². The Labute approximate surface area is 137 Å². The normalized spacial score (nSPS) is 11.8. The van der Waals surface area contributed by atoms with Crippen LogP contribution in [0.4, 0.5) is 5.82 Å². The molecule has 1 aromatic carbocycles. The standard InChI is InChI=1S/C19H23N3O/c1-5-12(2)10-16-13(3)18(15(11-20)19(21)22-16)14-8-6-7-9-17(14)23-4/h6-9,12H,5,10H2,1-4H3,(H2,21,22)/p+1/t12-/m0/s1. The number of para-hydroxylation sites is 1. The van der Waals surface area contributed by atoms with Crippen molar-refractivity contribution in [2.75, 3.05) is 12.8 Å². The Morgan fingerprint density at radius 2 is 2.04 bits per heavy atom. The molecule has 1 heterocycles. The maximum Gasteiger partial charge on any atom is 0.289 e. The van der Waals surface area contributed by atoms with Gasteiger partial charge in [0.05, 0.1) is 7.11 Å². The minimum absolute atomic E-state index is 0.414. The summed E-state index contributed by atoms with van der Waals surface area (Å²) < 4.78 is 5.48. The molecule has 2 aromatic rings. The molecule has 0 spiro atoms. The van der Waals surface area contributed by atoms with Crippen LogP contribution in [-0.4, -0.2) is 7.11 Å².